The Labute approximate surface area is 120 Å². The van der Waals surface area contributed by atoms with Crippen molar-refractivity contribution in [2.24, 2.45) is 0 Å². The number of benzene rings is 1. The van der Waals surface area contributed by atoms with Crippen molar-refractivity contribution >= 4 is 32.7 Å². The van der Waals surface area contributed by atoms with Crippen LogP contribution in [0.25, 0.3) is 10.9 Å². The third-order valence-electron chi connectivity index (χ3n) is 3.16. The molecule has 19 heavy (non-hydrogen) atoms. The number of fused-ring (bicyclic) bond motifs is 1. The van der Waals surface area contributed by atoms with E-state index >= 15 is 0 Å². The molecule has 0 saturated heterocycles. The quantitative estimate of drug-likeness (QED) is 0.758. The number of aromatic amines is 1. The molecule has 4 heteroatoms. The Kier molecular flexibility index (Phi) is 3.25. The van der Waals surface area contributed by atoms with Crippen LogP contribution >= 0.6 is 15.9 Å². The van der Waals surface area contributed by atoms with E-state index in [0.29, 0.717) is 0 Å². The number of aryl methyl sites for hydroxylation is 1. The maximum absolute atomic E-state index is 4.48. The van der Waals surface area contributed by atoms with Crippen LogP contribution in [0.15, 0.2) is 47.1 Å². The average molecular weight is 316 g/mol. The van der Waals surface area contributed by atoms with Crippen molar-refractivity contribution in [3.8, 4) is 0 Å². The lowest BCUT2D eigenvalue weighted by Gasteiger charge is -2.06. The van der Waals surface area contributed by atoms with Crippen LogP contribution in [0.2, 0.25) is 0 Å². The van der Waals surface area contributed by atoms with Crippen LogP contribution in [-0.2, 0) is 6.54 Å². The van der Waals surface area contributed by atoms with Crippen LogP contribution in [0.4, 0.5) is 5.82 Å². The van der Waals surface area contributed by atoms with Gasteiger partial charge in [-0.1, -0.05) is 18.2 Å². The first-order valence-electron chi connectivity index (χ1n) is 6.16. The molecule has 0 aliphatic rings. The van der Waals surface area contributed by atoms with Gasteiger partial charge in [-0.25, -0.2) is 4.98 Å². The molecule has 2 N–H and O–H groups in total. The summed E-state index contributed by atoms with van der Waals surface area (Å²) in [6.45, 7) is 2.75. The van der Waals surface area contributed by atoms with E-state index < -0.39 is 0 Å². The topological polar surface area (TPSA) is 40.7 Å². The fourth-order valence-electron chi connectivity index (χ4n) is 2.11. The number of aromatic nitrogens is 2. The Morgan fingerprint density at radius 2 is 2.05 bits per heavy atom. The predicted molar refractivity (Wildman–Crippen MR) is 82.3 cm³/mol. The van der Waals surface area contributed by atoms with Crippen molar-refractivity contribution in [1.82, 2.24) is 9.97 Å². The smallest absolute Gasteiger partial charge is 0.126 e. The molecule has 0 bridgehead atoms. The van der Waals surface area contributed by atoms with Gasteiger partial charge in [0, 0.05) is 28.1 Å². The summed E-state index contributed by atoms with van der Waals surface area (Å²) >= 11 is 3.46. The summed E-state index contributed by atoms with van der Waals surface area (Å²) in [5, 5.41) is 4.61. The first-order chi connectivity index (χ1) is 9.24. The van der Waals surface area contributed by atoms with Crippen molar-refractivity contribution in [3.05, 3.63) is 58.3 Å². The summed E-state index contributed by atoms with van der Waals surface area (Å²) in [6.07, 6.45) is 2.05. The summed E-state index contributed by atoms with van der Waals surface area (Å²) in [6, 6.07) is 12.3. The fourth-order valence-corrected chi connectivity index (χ4v) is 2.33. The lowest BCUT2D eigenvalue weighted by Crippen LogP contribution is -2.01. The standard InChI is InChI=1S/C15H14BrN3/c1-10-13(16)6-7-15(19-10)18-9-11-8-17-14-5-3-2-4-12(11)14/h2-8,17H,9H2,1H3,(H,18,19). The summed E-state index contributed by atoms with van der Waals surface area (Å²) in [5.41, 5.74) is 3.40. The highest BCUT2D eigenvalue weighted by Gasteiger charge is 2.03. The fraction of sp³-hybridized carbons (Fsp3) is 0.133. The normalized spacial score (nSPS) is 10.8. The highest BCUT2D eigenvalue weighted by molar-refractivity contribution is 9.10. The van der Waals surface area contributed by atoms with Crippen molar-refractivity contribution in [1.29, 1.82) is 0 Å². The van der Waals surface area contributed by atoms with E-state index in [1.807, 2.05) is 31.3 Å². The van der Waals surface area contributed by atoms with Crippen molar-refractivity contribution in [2.45, 2.75) is 13.5 Å². The van der Waals surface area contributed by atoms with E-state index in [9.17, 15) is 0 Å². The van der Waals surface area contributed by atoms with Gasteiger partial charge in [0.15, 0.2) is 0 Å². The Balaban J connectivity index is 1.80. The highest BCUT2D eigenvalue weighted by Crippen LogP contribution is 2.20. The molecule has 0 saturated carbocycles. The molecule has 0 fully saturated rings. The predicted octanol–water partition coefficient (Wildman–Crippen LogP) is 4.25. The zero-order valence-corrected chi connectivity index (χ0v) is 12.2. The Morgan fingerprint density at radius 3 is 2.89 bits per heavy atom. The van der Waals surface area contributed by atoms with Crippen LogP contribution in [-0.4, -0.2) is 9.97 Å². The van der Waals surface area contributed by atoms with Crippen LogP contribution in [0.3, 0.4) is 0 Å². The number of anilines is 1. The van der Waals surface area contributed by atoms with Gasteiger partial charge < -0.3 is 10.3 Å². The van der Waals surface area contributed by atoms with E-state index in [4.69, 9.17) is 0 Å². The van der Waals surface area contributed by atoms with Crippen molar-refractivity contribution in [3.63, 3.8) is 0 Å². The highest BCUT2D eigenvalue weighted by atomic mass is 79.9. The Morgan fingerprint density at radius 1 is 1.21 bits per heavy atom. The second-order valence-electron chi connectivity index (χ2n) is 4.48. The van der Waals surface area contributed by atoms with Crippen LogP contribution in [0.1, 0.15) is 11.3 Å². The lowest BCUT2D eigenvalue weighted by atomic mass is 10.2. The van der Waals surface area contributed by atoms with Gasteiger partial charge >= 0.3 is 0 Å². The summed E-state index contributed by atoms with van der Waals surface area (Å²) in [4.78, 5) is 7.76. The molecule has 3 nitrogen and oxygen atoms in total. The number of halogens is 1. The van der Waals surface area contributed by atoms with Gasteiger partial charge in [-0.3, -0.25) is 0 Å². The number of hydrogen-bond donors (Lipinski definition) is 2. The number of nitrogens with zero attached hydrogens (tertiary/aromatic N) is 1. The van der Waals surface area contributed by atoms with Gasteiger partial charge in [0.05, 0.1) is 5.69 Å². The molecule has 0 spiro atoms. The molecule has 2 aromatic heterocycles. The number of pyridine rings is 1. The van der Waals surface area contributed by atoms with E-state index in [-0.39, 0.29) is 0 Å². The van der Waals surface area contributed by atoms with E-state index in [1.165, 1.54) is 16.5 Å². The largest absolute Gasteiger partial charge is 0.366 e. The van der Waals surface area contributed by atoms with Crippen LogP contribution in [0, 0.1) is 6.92 Å². The molecule has 96 valence electrons. The number of rotatable bonds is 3. The second kappa shape index (κ2) is 5.05. The van der Waals surface area contributed by atoms with E-state index in [0.717, 1.165) is 22.5 Å². The molecule has 0 radical (unpaired) electrons. The number of H-pyrrole nitrogens is 1. The molecular weight excluding hydrogens is 302 g/mol. The molecule has 0 unspecified atom stereocenters. The maximum Gasteiger partial charge on any atom is 0.126 e. The molecule has 0 atom stereocenters. The zero-order valence-electron chi connectivity index (χ0n) is 10.6. The third-order valence-corrected chi connectivity index (χ3v) is 3.99. The van der Waals surface area contributed by atoms with Crippen molar-refractivity contribution < 1.29 is 0 Å². The SMILES string of the molecule is Cc1nc(NCc2c[nH]c3ccccc23)ccc1Br. The number of nitrogens with one attached hydrogen (secondary N) is 2. The summed E-state index contributed by atoms with van der Waals surface area (Å²) in [7, 11) is 0. The Bertz CT molecular complexity index is 718. The molecule has 2 heterocycles. The first-order valence-corrected chi connectivity index (χ1v) is 6.95. The van der Waals surface area contributed by atoms with E-state index in [1.54, 1.807) is 0 Å². The minimum Gasteiger partial charge on any atom is -0.366 e. The third kappa shape index (κ3) is 2.49. The van der Waals surface area contributed by atoms with Crippen LogP contribution < -0.4 is 5.32 Å². The number of hydrogen-bond acceptors (Lipinski definition) is 2. The first kappa shape index (κ1) is 12.2. The second-order valence-corrected chi connectivity index (χ2v) is 5.33. The minimum atomic E-state index is 0.762. The van der Waals surface area contributed by atoms with Gasteiger partial charge in [0.2, 0.25) is 0 Å². The molecule has 3 rings (SSSR count). The summed E-state index contributed by atoms with van der Waals surface area (Å²) < 4.78 is 1.03. The van der Waals surface area contributed by atoms with Crippen molar-refractivity contribution in [2.75, 3.05) is 5.32 Å². The molecule has 0 aliphatic carbocycles. The molecule has 1 aromatic carbocycles. The Hall–Kier alpha value is -1.81. The summed E-state index contributed by atoms with van der Waals surface area (Å²) in [5.74, 6) is 0.894. The lowest BCUT2D eigenvalue weighted by molar-refractivity contribution is 1.09. The zero-order chi connectivity index (χ0) is 13.2. The molecule has 3 aromatic rings. The minimum absolute atomic E-state index is 0.762. The van der Waals surface area contributed by atoms with Gasteiger partial charge in [-0.2, -0.15) is 0 Å². The molecule has 0 aliphatic heterocycles. The number of para-hydroxylation sites is 1. The average Bonchev–Trinajstić information content (AvgIpc) is 2.83. The monoisotopic (exact) mass is 315 g/mol. The van der Waals surface area contributed by atoms with Crippen LogP contribution in [0.5, 0.6) is 0 Å². The van der Waals surface area contributed by atoms with Gasteiger partial charge in [-0.15, -0.1) is 0 Å². The molecule has 0 amide bonds. The van der Waals surface area contributed by atoms with Gasteiger partial charge in [0.1, 0.15) is 5.82 Å². The van der Waals surface area contributed by atoms with E-state index in [2.05, 4.69) is 49.4 Å². The maximum atomic E-state index is 4.48. The molecular formula is C15H14BrN3. The van der Waals surface area contributed by atoms with Gasteiger partial charge in [-0.05, 0) is 46.6 Å². The van der Waals surface area contributed by atoms with Gasteiger partial charge in [0.25, 0.3) is 0 Å².